The van der Waals surface area contributed by atoms with Crippen LogP contribution in [0.25, 0.3) is 11.1 Å². The average Bonchev–Trinajstić information content (AvgIpc) is 2.65. The lowest BCUT2D eigenvalue weighted by molar-refractivity contribution is -0.114. The number of carbonyl (C=O) groups excluding carboxylic acids is 1. The first-order valence-electron chi connectivity index (χ1n) is 9.90. The summed E-state index contributed by atoms with van der Waals surface area (Å²) in [5.74, 6) is 2.01. The molecule has 3 rings (SSSR count). The van der Waals surface area contributed by atoms with E-state index in [2.05, 4.69) is 15.6 Å². The molecule has 8 heteroatoms. The lowest BCUT2D eigenvalue weighted by atomic mass is 9.96. The first-order valence-corrected chi connectivity index (χ1v) is 9.90. The maximum atomic E-state index is 11.4. The number of hydrogen-bond acceptors (Lipinski definition) is 5. The summed E-state index contributed by atoms with van der Waals surface area (Å²) >= 11 is 0. The Morgan fingerprint density at radius 3 is 2.73 bits per heavy atom. The summed E-state index contributed by atoms with van der Waals surface area (Å²) in [6, 6.07) is 5.31. The third kappa shape index (κ3) is 5.00. The summed E-state index contributed by atoms with van der Waals surface area (Å²) < 4.78 is 11.9. The standard InChI is InChI=1S/C22H27N3O5/c1-12(2)7-16(25-22(27)28)11-29-19-6-5-17-18-8-20(24-14(4)26)23-9-15(18)10-30-21(17)13(19)3/h5-6,8-9,12,16,25H,7,10-11H2,1-4H3,(H,27,28)(H,23,24,26). The van der Waals surface area contributed by atoms with Crippen molar-refractivity contribution in [3.63, 3.8) is 0 Å². The van der Waals surface area contributed by atoms with E-state index in [4.69, 9.17) is 14.6 Å². The van der Waals surface area contributed by atoms with Crippen molar-refractivity contribution in [2.75, 3.05) is 11.9 Å². The smallest absolute Gasteiger partial charge is 0.404 e. The van der Waals surface area contributed by atoms with Crippen molar-refractivity contribution in [2.24, 2.45) is 5.92 Å². The van der Waals surface area contributed by atoms with Crippen LogP contribution in [0.5, 0.6) is 11.5 Å². The van der Waals surface area contributed by atoms with E-state index in [-0.39, 0.29) is 18.6 Å². The summed E-state index contributed by atoms with van der Waals surface area (Å²) in [4.78, 5) is 26.7. The van der Waals surface area contributed by atoms with Crippen molar-refractivity contribution >= 4 is 17.8 Å². The van der Waals surface area contributed by atoms with Gasteiger partial charge < -0.3 is 25.2 Å². The number of carboxylic acid groups (broad SMARTS) is 1. The Morgan fingerprint density at radius 1 is 1.30 bits per heavy atom. The lowest BCUT2D eigenvalue weighted by Gasteiger charge is -2.25. The fraction of sp³-hybridized carbons (Fsp3) is 0.409. The number of carbonyl (C=O) groups is 2. The molecule has 2 aromatic rings. The normalized spacial score (nSPS) is 13.0. The fourth-order valence-corrected chi connectivity index (χ4v) is 3.58. The lowest BCUT2D eigenvalue weighted by Crippen LogP contribution is -2.39. The highest BCUT2D eigenvalue weighted by Gasteiger charge is 2.23. The molecule has 1 aromatic heterocycles. The maximum Gasteiger partial charge on any atom is 0.404 e. The second-order valence-electron chi connectivity index (χ2n) is 7.85. The number of amides is 2. The molecular formula is C22H27N3O5. The average molecular weight is 413 g/mol. The highest BCUT2D eigenvalue weighted by Crippen LogP contribution is 2.43. The molecule has 1 atom stereocenters. The number of rotatable bonds is 7. The highest BCUT2D eigenvalue weighted by molar-refractivity contribution is 5.89. The van der Waals surface area contributed by atoms with Gasteiger partial charge >= 0.3 is 6.09 Å². The monoisotopic (exact) mass is 413 g/mol. The van der Waals surface area contributed by atoms with Gasteiger partial charge in [-0.15, -0.1) is 0 Å². The minimum atomic E-state index is -1.06. The molecule has 0 spiro atoms. The van der Waals surface area contributed by atoms with Crippen LogP contribution < -0.4 is 20.1 Å². The van der Waals surface area contributed by atoms with Gasteiger partial charge in [0.05, 0.1) is 6.04 Å². The van der Waals surface area contributed by atoms with Gasteiger partial charge in [0, 0.05) is 29.8 Å². The molecule has 160 valence electrons. The number of aromatic nitrogens is 1. The molecule has 30 heavy (non-hydrogen) atoms. The first-order chi connectivity index (χ1) is 14.2. The SMILES string of the molecule is CC(=O)Nc1cc2c(cn1)COc1c-2ccc(OCC(CC(C)C)NC(=O)O)c1C. The van der Waals surface area contributed by atoms with Crippen molar-refractivity contribution in [1.29, 1.82) is 0 Å². The zero-order chi connectivity index (χ0) is 21.8. The molecule has 2 heterocycles. The van der Waals surface area contributed by atoms with Gasteiger partial charge in [0.25, 0.3) is 0 Å². The zero-order valence-electron chi connectivity index (χ0n) is 17.6. The van der Waals surface area contributed by atoms with Crippen LogP contribution in [0.1, 0.15) is 38.3 Å². The molecule has 1 aromatic carbocycles. The molecule has 0 bridgehead atoms. The Morgan fingerprint density at radius 2 is 2.07 bits per heavy atom. The maximum absolute atomic E-state index is 11.4. The Bertz CT molecular complexity index is 958. The molecule has 0 saturated carbocycles. The van der Waals surface area contributed by atoms with Crippen molar-refractivity contribution < 1.29 is 24.2 Å². The second-order valence-corrected chi connectivity index (χ2v) is 7.85. The molecule has 0 aliphatic carbocycles. The van der Waals surface area contributed by atoms with Crippen LogP contribution in [0.4, 0.5) is 10.6 Å². The van der Waals surface area contributed by atoms with E-state index >= 15 is 0 Å². The number of benzene rings is 1. The third-order valence-electron chi connectivity index (χ3n) is 4.83. The van der Waals surface area contributed by atoms with E-state index in [9.17, 15) is 9.59 Å². The van der Waals surface area contributed by atoms with Crippen molar-refractivity contribution in [3.05, 3.63) is 35.5 Å². The molecule has 3 N–H and O–H groups in total. The van der Waals surface area contributed by atoms with Crippen LogP contribution in [0.15, 0.2) is 24.4 Å². The summed E-state index contributed by atoms with van der Waals surface area (Å²) in [5.41, 5.74) is 3.63. The Kier molecular flexibility index (Phi) is 6.44. The fourth-order valence-electron chi connectivity index (χ4n) is 3.58. The minimum Gasteiger partial charge on any atom is -0.491 e. The summed E-state index contributed by atoms with van der Waals surface area (Å²) in [6.45, 7) is 8.04. The van der Waals surface area contributed by atoms with Gasteiger partial charge in [-0.05, 0) is 43.0 Å². The predicted molar refractivity (Wildman–Crippen MR) is 113 cm³/mol. The van der Waals surface area contributed by atoms with Crippen LogP contribution >= 0.6 is 0 Å². The number of anilines is 1. The zero-order valence-corrected chi connectivity index (χ0v) is 17.6. The Labute approximate surface area is 175 Å². The number of pyridine rings is 1. The van der Waals surface area contributed by atoms with E-state index in [0.717, 1.165) is 22.3 Å². The summed E-state index contributed by atoms with van der Waals surface area (Å²) in [7, 11) is 0. The van der Waals surface area contributed by atoms with Crippen LogP contribution in [-0.4, -0.2) is 34.7 Å². The first kappa shape index (κ1) is 21.4. The number of nitrogens with one attached hydrogen (secondary N) is 2. The van der Waals surface area contributed by atoms with E-state index < -0.39 is 6.09 Å². The predicted octanol–water partition coefficient (Wildman–Crippen LogP) is 3.97. The van der Waals surface area contributed by atoms with Crippen molar-refractivity contribution in [3.8, 4) is 22.6 Å². The molecule has 1 aliphatic heterocycles. The Balaban J connectivity index is 1.83. The van der Waals surface area contributed by atoms with Gasteiger partial charge in [-0.1, -0.05) is 13.8 Å². The number of fused-ring (bicyclic) bond motifs is 3. The molecule has 0 saturated heterocycles. The highest BCUT2D eigenvalue weighted by atomic mass is 16.5. The molecular weight excluding hydrogens is 386 g/mol. The molecule has 2 amide bonds. The van der Waals surface area contributed by atoms with E-state index in [1.54, 1.807) is 6.20 Å². The molecule has 0 radical (unpaired) electrons. The van der Waals surface area contributed by atoms with Crippen LogP contribution in [0.2, 0.25) is 0 Å². The van der Waals surface area contributed by atoms with E-state index in [0.29, 0.717) is 36.3 Å². The second kappa shape index (κ2) is 9.02. The molecule has 0 fully saturated rings. The number of nitrogens with zero attached hydrogens (tertiary/aromatic N) is 1. The van der Waals surface area contributed by atoms with Crippen LogP contribution in [0, 0.1) is 12.8 Å². The van der Waals surface area contributed by atoms with Crippen molar-refractivity contribution in [2.45, 2.75) is 46.8 Å². The largest absolute Gasteiger partial charge is 0.491 e. The van der Waals surface area contributed by atoms with E-state index in [1.807, 2.05) is 39.0 Å². The third-order valence-corrected chi connectivity index (χ3v) is 4.83. The number of ether oxygens (including phenoxy) is 2. The van der Waals surface area contributed by atoms with Gasteiger partial charge in [-0.3, -0.25) is 4.79 Å². The quantitative estimate of drug-likeness (QED) is 0.634. The van der Waals surface area contributed by atoms with Crippen molar-refractivity contribution in [1.82, 2.24) is 10.3 Å². The topological polar surface area (TPSA) is 110 Å². The van der Waals surface area contributed by atoms with Gasteiger partial charge in [-0.2, -0.15) is 0 Å². The van der Waals surface area contributed by atoms with Crippen LogP contribution in [-0.2, 0) is 11.4 Å². The molecule has 1 aliphatic rings. The summed E-state index contributed by atoms with van der Waals surface area (Å²) in [6.07, 6.45) is 1.33. The van der Waals surface area contributed by atoms with Gasteiger partial charge in [0.1, 0.15) is 30.5 Å². The summed E-state index contributed by atoms with van der Waals surface area (Å²) in [5, 5.41) is 14.3. The van der Waals surface area contributed by atoms with E-state index in [1.165, 1.54) is 6.92 Å². The Hall–Kier alpha value is -3.29. The van der Waals surface area contributed by atoms with Gasteiger partial charge in [0.2, 0.25) is 5.91 Å². The minimum absolute atomic E-state index is 0.180. The number of hydrogen-bond donors (Lipinski definition) is 3. The molecule has 8 nitrogen and oxygen atoms in total. The van der Waals surface area contributed by atoms with Gasteiger partial charge in [-0.25, -0.2) is 9.78 Å². The molecule has 1 unspecified atom stereocenters. The van der Waals surface area contributed by atoms with Crippen LogP contribution in [0.3, 0.4) is 0 Å². The van der Waals surface area contributed by atoms with Gasteiger partial charge in [0.15, 0.2) is 0 Å².